The van der Waals surface area contributed by atoms with Gasteiger partial charge in [-0.2, -0.15) is 13.2 Å². The van der Waals surface area contributed by atoms with Crippen LogP contribution in [0.4, 0.5) is 13.2 Å². The quantitative estimate of drug-likeness (QED) is 0.378. The van der Waals surface area contributed by atoms with Crippen molar-refractivity contribution in [2.45, 2.75) is 39.5 Å². The van der Waals surface area contributed by atoms with Crippen molar-refractivity contribution in [1.29, 1.82) is 0 Å². The van der Waals surface area contributed by atoms with E-state index < -0.39 is 11.7 Å². The Morgan fingerprint density at radius 1 is 1.31 bits per heavy atom. The first-order valence-corrected chi connectivity index (χ1v) is 8.08. The maximum atomic E-state index is 13.0. The zero-order valence-corrected chi connectivity index (χ0v) is 17.8. The van der Waals surface area contributed by atoms with Crippen molar-refractivity contribution in [2.24, 2.45) is 10.9 Å². The summed E-state index contributed by atoms with van der Waals surface area (Å²) in [6.45, 7) is 6.29. The van der Waals surface area contributed by atoms with Crippen molar-refractivity contribution in [1.82, 2.24) is 25.2 Å². The van der Waals surface area contributed by atoms with Crippen LogP contribution in [0.25, 0.3) is 5.65 Å². The molecule has 0 aliphatic heterocycles. The van der Waals surface area contributed by atoms with Crippen molar-refractivity contribution in [3.8, 4) is 0 Å². The van der Waals surface area contributed by atoms with Crippen LogP contribution in [0, 0.1) is 5.92 Å². The SMILES string of the molecule is CN=C(NCc1nnc2c(Cl)cc(C(F)(F)F)cn12)NC(C)C(C)C.I. The number of guanidine groups is 1. The number of hydrogen-bond acceptors (Lipinski definition) is 3. The van der Waals surface area contributed by atoms with Crippen LogP contribution < -0.4 is 10.6 Å². The van der Waals surface area contributed by atoms with E-state index in [0.29, 0.717) is 17.7 Å². The van der Waals surface area contributed by atoms with Crippen LogP contribution in [0.5, 0.6) is 0 Å². The number of rotatable bonds is 4. The van der Waals surface area contributed by atoms with Gasteiger partial charge in [-0.15, -0.1) is 34.2 Å². The Balaban J connectivity index is 0.00000338. The van der Waals surface area contributed by atoms with Crippen molar-refractivity contribution in [2.75, 3.05) is 7.05 Å². The summed E-state index contributed by atoms with van der Waals surface area (Å²) in [6.07, 6.45) is -3.57. The summed E-state index contributed by atoms with van der Waals surface area (Å²) in [5.41, 5.74) is -0.688. The summed E-state index contributed by atoms with van der Waals surface area (Å²) in [4.78, 5) is 4.10. The van der Waals surface area contributed by atoms with E-state index in [9.17, 15) is 13.2 Å². The number of pyridine rings is 1. The Hall–Kier alpha value is -1.30. The monoisotopic (exact) mass is 504 g/mol. The third kappa shape index (κ3) is 5.35. The minimum atomic E-state index is -4.50. The molecule has 11 heteroatoms. The largest absolute Gasteiger partial charge is 0.417 e. The van der Waals surface area contributed by atoms with E-state index in [2.05, 4.69) is 39.7 Å². The van der Waals surface area contributed by atoms with Gasteiger partial charge < -0.3 is 10.6 Å². The van der Waals surface area contributed by atoms with Gasteiger partial charge in [0, 0.05) is 19.3 Å². The predicted molar refractivity (Wildman–Crippen MR) is 106 cm³/mol. The molecule has 0 amide bonds. The zero-order chi connectivity index (χ0) is 18.8. The van der Waals surface area contributed by atoms with Crippen LogP contribution in [0.3, 0.4) is 0 Å². The highest BCUT2D eigenvalue weighted by Gasteiger charge is 2.32. The Bertz CT molecular complexity index is 775. The van der Waals surface area contributed by atoms with E-state index >= 15 is 0 Å². The van der Waals surface area contributed by atoms with Crippen molar-refractivity contribution in [3.63, 3.8) is 0 Å². The minimum absolute atomic E-state index is 0. The van der Waals surface area contributed by atoms with Crippen molar-refractivity contribution < 1.29 is 13.2 Å². The van der Waals surface area contributed by atoms with Gasteiger partial charge >= 0.3 is 6.18 Å². The molecule has 1 atom stereocenters. The molecule has 2 N–H and O–H groups in total. The zero-order valence-electron chi connectivity index (χ0n) is 14.7. The summed E-state index contributed by atoms with van der Waals surface area (Å²) in [5.74, 6) is 1.21. The van der Waals surface area contributed by atoms with E-state index in [4.69, 9.17) is 11.6 Å². The lowest BCUT2D eigenvalue weighted by Gasteiger charge is -2.20. The average molecular weight is 505 g/mol. The van der Waals surface area contributed by atoms with Crippen molar-refractivity contribution in [3.05, 3.63) is 28.7 Å². The first-order chi connectivity index (χ1) is 11.6. The number of halogens is 5. The molecule has 0 saturated heterocycles. The normalized spacial score (nSPS) is 13.7. The summed E-state index contributed by atoms with van der Waals surface area (Å²) in [6, 6.07) is 1.01. The molecule has 1 unspecified atom stereocenters. The number of aliphatic imine (C=N–C) groups is 1. The van der Waals surface area contributed by atoms with Crippen LogP contribution in [0.15, 0.2) is 17.3 Å². The standard InChI is InChI=1S/C15H20ClF3N6.HI/c1-8(2)9(3)22-14(20-4)21-6-12-23-24-13-11(16)5-10(7-25(12)13)15(17,18)19;/h5,7-9H,6H2,1-4H3,(H2,20,21,22);1H. The number of nitrogens with zero attached hydrogens (tertiary/aromatic N) is 4. The molecule has 0 aromatic carbocycles. The van der Waals surface area contributed by atoms with Gasteiger partial charge in [-0.25, -0.2) is 0 Å². The van der Waals surface area contributed by atoms with E-state index in [1.54, 1.807) is 7.05 Å². The number of fused-ring (bicyclic) bond motifs is 1. The Kier molecular flexibility index (Phi) is 7.93. The predicted octanol–water partition coefficient (Wildman–Crippen LogP) is 3.73. The molecule has 0 aliphatic carbocycles. The number of alkyl halides is 3. The Morgan fingerprint density at radius 2 is 1.96 bits per heavy atom. The van der Waals surface area contributed by atoms with Gasteiger partial charge in [-0.1, -0.05) is 25.4 Å². The first-order valence-electron chi connectivity index (χ1n) is 7.71. The molecule has 0 saturated carbocycles. The molecular weight excluding hydrogens is 484 g/mol. The second-order valence-electron chi connectivity index (χ2n) is 5.99. The summed E-state index contributed by atoms with van der Waals surface area (Å²) in [7, 11) is 1.61. The van der Waals surface area contributed by atoms with Gasteiger partial charge in [0.05, 0.1) is 17.1 Å². The highest BCUT2D eigenvalue weighted by Crippen LogP contribution is 2.32. The summed E-state index contributed by atoms with van der Waals surface area (Å²) < 4.78 is 40.1. The lowest BCUT2D eigenvalue weighted by molar-refractivity contribution is -0.137. The third-order valence-corrected chi connectivity index (χ3v) is 4.14. The lowest BCUT2D eigenvalue weighted by Crippen LogP contribution is -2.44. The second-order valence-corrected chi connectivity index (χ2v) is 6.39. The van der Waals surface area contributed by atoms with Crippen LogP contribution in [0.2, 0.25) is 5.02 Å². The maximum absolute atomic E-state index is 13.0. The number of nitrogens with one attached hydrogen (secondary N) is 2. The Labute approximate surface area is 171 Å². The molecule has 0 spiro atoms. The van der Waals surface area contributed by atoms with Crippen LogP contribution in [-0.4, -0.2) is 33.6 Å². The van der Waals surface area contributed by atoms with Gasteiger partial charge in [-0.05, 0) is 18.9 Å². The molecule has 0 radical (unpaired) electrons. The molecule has 0 bridgehead atoms. The van der Waals surface area contributed by atoms with Crippen LogP contribution in [-0.2, 0) is 12.7 Å². The maximum Gasteiger partial charge on any atom is 0.417 e. The fourth-order valence-electron chi connectivity index (χ4n) is 2.01. The lowest BCUT2D eigenvalue weighted by atomic mass is 10.1. The molecule has 2 aromatic rings. The number of aromatic nitrogens is 3. The molecule has 26 heavy (non-hydrogen) atoms. The molecule has 0 fully saturated rings. The van der Waals surface area contributed by atoms with Gasteiger partial charge in [0.25, 0.3) is 0 Å². The highest BCUT2D eigenvalue weighted by molar-refractivity contribution is 14.0. The van der Waals surface area contributed by atoms with E-state index in [1.165, 1.54) is 4.40 Å². The molecule has 2 rings (SSSR count). The minimum Gasteiger partial charge on any atom is -0.354 e. The van der Waals surface area contributed by atoms with Gasteiger partial charge in [0.1, 0.15) is 0 Å². The summed E-state index contributed by atoms with van der Waals surface area (Å²) >= 11 is 5.90. The summed E-state index contributed by atoms with van der Waals surface area (Å²) in [5, 5.41) is 13.9. The Morgan fingerprint density at radius 3 is 2.50 bits per heavy atom. The molecule has 0 aliphatic rings. The number of hydrogen-bond donors (Lipinski definition) is 2. The molecule has 6 nitrogen and oxygen atoms in total. The second kappa shape index (κ2) is 9.07. The van der Waals surface area contributed by atoms with Gasteiger partial charge in [0.2, 0.25) is 0 Å². The van der Waals surface area contributed by atoms with Crippen molar-refractivity contribution >= 4 is 47.2 Å². The van der Waals surface area contributed by atoms with Gasteiger partial charge in [-0.3, -0.25) is 9.39 Å². The fourth-order valence-corrected chi connectivity index (χ4v) is 2.26. The average Bonchev–Trinajstić information content (AvgIpc) is 2.93. The molecule has 146 valence electrons. The van der Waals surface area contributed by atoms with E-state index in [1.807, 2.05) is 6.92 Å². The highest BCUT2D eigenvalue weighted by atomic mass is 127. The van der Waals surface area contributed by atoms with E-state index in [-0.39, 0.29) is 47.2 Å². The van der Waals surface area contributed by atoms with E-state index in [0.717, 1.165) is 12.3 Å². The molecule has 2 aromatic heterocycles. The molecular formula is C15H21ClF3IN6. The fraction of sp³-hybridized carbons (Fsp3) is 0.533. The van der Waals surface area contributed by atoms with Gasteiger partial charge in [0.15, 0.2) is 17.4 Å². The smallest absolute Gasteiger partial charge is 0.354 e. The van der Waals surface area contributed by atoms with Crippen LogP contribution >= 0.6 is 35.6 Å². The first kappa shape index (κ1) is 22.7. The van der Waals surface area contributed by atoms with Crippen LogP contribution in [0.1, 0.15) is 32.2 Å². The topological polar surface area (TPSA) is 66.6 Å². The third-order valence-electron chi connectivity index (χ3n) is 3.86. The molecule has 2 heterocycles.